The van der Waals surface area contributed by atoms with Gasteiger partial charge in [0, 0.05) is 35.8 Å². The number of halogens is 1. The lowest BCUT2D eigenvalue weighted by Crippen LogP contribution is -2.47. The predicted molar refractivity (Wildman–Crippen MR) is 83.7 cm³/mol. The third kappa shape index (κ3) is 2.45. The summed E-state index contributed by atoms with van der Waals surface area (Å²) in [6.07, 6.45) is 1.43. The summed E-state index contributed by atoms with van der Waals surface area (Å²) in [6, 6.07) is 7.55. The van der Waals surface area contributed by atoms with Crippen LogP contribution in [0.15, 0.2) is 33.2 Å². The Morgan fingerprint density at radius 2 is 1.86 bits per heavy atom. The van der Waals surface area contributed by atoms with Crippen LogP contribution in [0.5, 0.6) is 0 Å². The zero-order valence-corrected chi connectivity index (χ0v) is 13.6. The van der Waals surface area contributed by atoms with Gasteiger partial charge in [0.05, 0.1) is 13.2 Å². The number of fused-ring (bicyclic) bond motifs is 1. The van der Waals surface area contributed by atoms with Gasteiger partial charge < -0.3 is 18.8 Å². The van der Waals surface area contributed by atoms with Gasteiger partial charge in [-0.25, -0.2) is 0 Å². The van der Waals surface area contributed by atoms with Crippen LogP contribution in [-0.2, 0) is 9.47 Å². The molecule has 0 saturated carbocycles. The van der Waals surface area contributed by atoms with Gasteiger partial charge in [0.2, 0.25) is 0 Å². The summed E-state index contributed by atoms with van der Waals surface area (Å²) in [5, 5.41) is 0.933. The van der Waals surface area contributed by atoms with Crippen LogP contribution in [0.4, 0.5) is 0 Å². The van der Waals surface area contributed by atoms with Crippen molar-refractivity contribution in [1.29, 1.82) is 0 Å². The third-order valence-electron chi connectivity index (χ3n) is 4.32. The van der Waals surface area contributed by atoms with E-state index in [4.69, 9.17) is 13.9 Å². The van der Waals surface area contributed by atoms with Gasteiger partial charge >= 0.3 is 0 Å². The van der Waals surface area contributed by atoms with Gasteiger partial charge in [-0.3, -0.25) is 4.79 Å². The highest BCUT2D eigenvalue weighted by Gasteiger charge is 2.41. The molecule has 0 aliphatic carbocycles. The number of piperidine rings is 1. The van der Waals surface area contributed by atoms with Crippen LogP contribution >= 0.6 is 15.9 Å². The molecule has 0 radical (unpaired) electrons. The highest BCUT2D eigenvalue weighted by molar-refractivity contribution is 9.10. The smallest absolute Gasteiger partial charge is 0.289 e. The van der Waals surface area contributed by atoms with Crippen molar-refractivity contribution < 1.29 is 18.7 Å². The van der Waals surface area contributed by atoms with Crippen molar-refractivity contribution in [1.82, 2.24) is 4.90 Å². The van der Waals surface area contributed by atoms with E-state index in [1.165, 1.54) is 0 Å². The van der Waals surface area contributed by atoms with Crippen molar-refractivity contribution in [2.75, 3.05) is 26.3 Å². The average molecular weight is 366 g/mol. The summed E-state index contributed by atoms with van der Waals surface area (Å²) >= 11 is 3.41. The Kier molecular flexibility index (Phi) is 3.47. The number of carbonyl (C=O) groups excluding carboxylic acids is 1. The number of benzene rings is 1. The molecule has 2 aromatic rings. The van der Waals surface area contributed by atoms with E-state index >= 15 is 0 Å². The van der Waals surface area contributed by atoms with Crippen LogP contribution < -0.4 is 0 Å². The molecule has 2 fully saturated rings. The van der Waals surface area contributed by atoms with E-state index in [1.54, 1.807) is 6.07 Å². The molecule has 3 heterocycles. The number of rotatable bonds is 1. The molecule has 1 aromatic heterocycles. The molecule has 1 aromatic carbocycles. The molecule has 2 saturated heterocycles. The molecule has 0 atom stereocenters. The van der Waals surface area contributed by atoms with Crippen LogP contribution in [0.1, 0.15) is 23.4 Å². The number of hydrogen-bond acceptors (Lipinski definition) is 4. The van der Waals surface area contributed by atoms with E-state index < -0.39 is 5.79 Å². The van der Waals surface area contributed by atoms with Gasteiger partial charge in [-0.15, -0.1) is 0 Å². The number of amides is 1. The quantitative estimate of drug-likeness (QED) is 0.778. The molecule has 1 spiro atoms. The maximum atomic E-state index is 12.6. The van der Waals surface area contributed by atoms with Gasteiger partial charge in [0.1, 0.15) is 5.58 Å². The minimum Gasteiger partial charge on any atom is -0.451 e. The van der Waals surface area contributed by atoms with E-state index in [0.717, 1.165) is 9.86 Å². The zero-order chi connectivity index (χ0) is 15.2. The van der Waals surface area contributed by atoms with Gasteiger partial charge in [0.15, 0.2) is 11.5 Å². The van der Waals surface area contributed by atoms with Gasteiger partial charge in [-0.05, 0) is 24.3 Å². The molecule has 4 rings (SSSR count). The Bertz CT molecular complexity index is 710. The van der Waals surface area contributed by atoms with Crippen LogP contribution in [0.2, 0.25) is 0 Å². The molecule has 2 aliphatic heterocycles. The fraction of sp³-hybridized carbons (Fsp3) is 0.438. The second-order valence-corrected chi connectivity index (χ2v) is 6.61. The molecule has 0 N–H and O–H groups in total. The highest BCUT2D eigenvalue weighted by atomic mass is 79.9. The molecule has 5 nitrogen and oxygen atoms in total. The number of hydrogen-bond donors (Lipinski definition) is 0. The summed E-state index contributed by atoms with van der Waals surface area (Å²) < 4.78 is 18.0. The third-order valence-corrected chi connectivity index (χ3v) is 4.81. The fourth-order valence-electron chi connectivity index (χ4n) is 3.10. The summed E-state index contributed by atoms with van der Waals surface area (Å²) in [4.78, 5) is 14.4. The second-order valence-electron chi connectivity index (χ2n) is 5.69. The molecule has 0 bridgehead atoms. The first kappa shape index (κ1) is 14.2. The lowest BCUT2D eigenvalue weighted by atomic mass is 10.0. The van der Waals surface area contributed by atoms with Crippen LogP contribution in [0.3, 0.4) is 0 Å². The Morgan fingerprint density at radius 3 is 2.59 bits per heavy atom. The lowest BCUT2D eigenvalue weighted by molar-refractivity contribution is -0.181. The van der Waals surface area contributed by atoms with Crippen LogP contribution in [0, 0.1) is 0 Å². The molecule has 2 aliphatic rings. The summed E-state index contributed by atoms with van der Waals surface area (Å²) in [5.74, 6) is -0.146. The fourth-order valence-corrected chi connectivity index (χ4v) is 3.44. The molecule has 1 amide bonds. The monoisotopic (exact) mass is 365 g/mol. The largest absolute Gasteiger partial charge is 0.451 e. The van der Waals surface area contributed by atoms with Crippen molar-refractivity contribution in [3.8, 4) is 0 Å². The zero-order valence-electron chi connectivity index (χ0n) is 12.0. The first-order valence-electron chi connectivity index (χ1n) is 7.42. The lowest BCUT2D eigenvalue weighted by Gasteiger charge is -2.37. The maximum Gasteiger partial charge on any atom is 0.289 e. The van der Waals surface area contributed by atoms with E-state index in [9.17, 15) is 4.79 Å². The van der Waals surface area contributed by atoms with Crippen LogP contribution in [-0.4, -0.2) is 42.9 Å². The summed E-state index contributed by atoms with van der Waals surface area (Å²) in [6.45, 7) is 2.54. The van der Waals surface area contributed by atoms with Gasteiger partial charge in [0.25, 0.3) is 5.91 Å². The topological polar surface area (TPSA) is 51.9 Å². The minimum absolute atomic E-state index is 0.0693. The minimum atomic E-state index is -0.463. The average Bonchev–Trinajstić information content (AvgIpc) is 3.14. The first-order chi connectivity index (χ1) is 10.7. The SMILES string of the molecule is O=C(c1cc2ccc(Br)cc2o1)N1CCC2(CC1)OCCO2. The van der Waals surface area contributed by atoms with Gasteiger partial charge in [-0.1, -0.05) is 15.9 Å². The molecule has 116 valence electrons. The first-order valence-corrected chi connectivity index (χ1v) is 8.21. The molecular formula is C16H16BrNO4. The summed E-state index contributed by atoms with van der Waals surface area (Å²) in [7, 11) is 0. The van der Waals surface area contributed by atoms with E-state index in [0.29, 0.717) is 50.5 Å². The molecule has 0 unspecified atom stereocenters. The van der Waals surface area contributed by atoms with Crippen molar-refractivity contribution in [3.05, 3.63) is 34.5 Å². The number of ether oxygens (including phenoxy) is 2. The van der Waals surface area contributed by atoms with Crippen LogP contribution in [0.25, 0.3) is 11.0 Å². The Labute approximate surface area is 136 Å². The normalized spacial score (nSPS) is 20.9. The standard InChI is InChI=1S/C16H16BrNO4/c17-12-2-1-11-9-14(22-13(11)10-12)15(19)18-5-3-16(4-6-18)20-7-8-21-16/h1-2,9-10H,3-8H2. The number of nitrogens with zero attached hydrogens (tertiary/aromatic N) is 1. The highest BCUT2D eigenvalue weighted by Crippen LogP contribution is 2.32. The second kappa shape index (κ2) is 5.37. The van der Waals surface area contributed by atoms with Crippen molar-refractivity contribution >= 4 is 32.8 Å². The summed E-state index contributed by atoms with van der Waals surface area (Å²) in [5.41, 5.74) is 0.716. The molecular weight excluding hydrogens is 350 g/mol. The maximum absolute atomic E-state index is 12.6. The number of carbonyl (C=O) groups is 1. The van der Waals surface area contributed by atoms with Crippen molar-refractivity contribution in [3.63, 3.8) is 0 Å². The Morgan fingerprint density at radius 1 is 1.14 bits per heavy atom. The van der Waals surface area contributed by atoms with Gasteiger partial charge in [-0.2, -0.15) is 0 Å². The number of likely N-dealkylation sites (tertiary alicyclic amines) is 1. The molecule has 6 heteroatoms. The van der Waals surface area contributed by atoms with Crippen molar-refractivity contribution in [2.24, 2.45) is 0 Å². The molecule has 22 heavy (non-hydrogen) atoms. The van der Waals surface area contributed by atoms with E-state index in [-0.39, 0.29) is 5.91 Å². The van der Waals surface area contributed by atoms with E-state index in [1.807, 2.05) is 23.1 Å². The van der Waals surface area contributed by atoms with E-state index in [2.05, 4.69) is 15.9 Å². The van der Waals surface area contributed by atoms with Crippen molar-refractivity contribution in [2.45, 2.75) is 18.6 Å². The predicted octanol–water partition coefficient (Wildman–Crippen LogP) is 3.17. The number of furan rings is 1. The Balaban J connectivity index is 1.51. The Hall–Kier alpha value is -1.37.